The highest BCUT2D eigenvalue weighted by Gasteiger charge is 2.15. The molecule has 26 heavy (non-hydrogen) atoms. The molecule has 0 aliphatic rings. The second-order valence-electron chi connectivity index (χ2n) is 5.34. The molecule has 134 valence electrons. The maximum Gasteiger partial charge on any atom is 0.225 e. The van der Waals surface area contributed by atoms with E-state index in [1.165, 1.54) is 11.8 Å². The largest absolute Gasteiger partial charge is 0.461 e. The molecule has 1 N–H and O–H groups in total. The molecule has 0 aliphatic carbocycles. The maximum absolute atomic E-state index is 12.1. The molecule has 3 rings (SSSR count). The van der Waals surface area contributed by atoms with Crippen LogP contribution < -0.4 is 5.32 Å². The van der Waals surface area contributed by atoms with Crippen LogP contribution in [0.4, 0.5) is 5.69 Å². The van der Waals surface area contributed by atoms with E-state index < -0.39 is 0 Å². The highest BCUT2D eigenvalue weighted by Crippen LogP contribution is 2.25. The van der Waals surface area contributed by atoms with E-state index >= 15 is 0 Å². The Morgan fingerprint density at radius 3 is 2.96 bits per heavy atom. The van der Waals surface area contributed by atoms with Gasteiger partial charge < -0.3 is 9.73 Å². The number of thioether (sulfide) groups is 1. The van der Waals surface area contributed by atoms with Gasteiger partial charge in [-0.15, -0.1) is 16.8 Å². The predicted octanol–water partition coefficient (Wildman–Crippen LogP) is 4.50. The average Bonchev–Trinajstić information content (AvgIpc) is 3.25. The lowest BCUT2D eigenvalue weighted by molar-refractivity contribution is -0.115. The smallest absolute Gasteiger partial charge is 0.225 e. The zero-order valence-electron chi connectivity index (χ0n) is 13.9. The normalized spacial score (nSPS) is 10.7. The van der Waals surface area contributed by atoms with Crippen LogP contribution in [0.1, 0.15) is 6.42 Å². The third kappa shape index (κ3) is 4.56. The van der Waals surface area contributed by atoms with Gasteiger partial charge in [0.25, 0.3) is 0 Å². The first-order valence-electron chi connectivity index (χ1n) is 7.93. The topological polar surface area (TPSA) is 73.0 Å². The van der Waals surface area contributed by atoms with Crippen molar-refractivity contribution in [2.45, 2.75) is 18.1 Å². The molecule has 8 heteroatoms. The zero-order valence-corrected chi connectivity index (χ0v) is 15.5. The Balaban J connectivity index is 1.59. The fraction of sp³-hybridized carbons (Fsp3) is 0.167. The number of carbonyl (C=O) groups is 1. The molecule has 6 nitrogen and oxygen atoms in total. The van der Waals surface area contributed by atoms with Gasteiger partial charge >= 0.3 is 0 Å². The van der Waals surface area contributed by atoms with Gasteiger partial charge in [-0.25, -0.2) is 0 Å². The van der Waals surface area contributed by atoms with Crippen molar-refractivity contribution in [1.29, 1.82) is 0 Å². The summed E-state index contributed by atoms with van der Waals surface area (Å²) >= 11 is 7.38. The van der Waals surface area contributed by atoms with Crippen LogP contribution in [0.3, 0.4) is 0 Å². The summed E-state index contributed by atoms with van der Waals surface area (Å²) in [5.41, 5.74) is 0.683. The summed E-state index contributed by atoms with van der Waals surface area (Å²) in [5, 5.41) is 12.5. The lowest BCUT2D eigenvalue weighted by Gasteiger charge is -2.07. The average molecular weight is 389 g/mol. The molecular weight excluding hydrogens is 372 g/mol. The monoisotopic (exact) mass is 388 g/mol. The van der Waals surface area contributed by atoms with E-state index in [1.54, 1.807) is 42.7 Å². The Hall–Kier alpha value is -2.51. The number of carbonyl (C=O) groups excluding carboxylic acids is 1. The molecule has 0 radical (unpaired) electrons. The van der Waals surface area contributed by atoms with Crippen molar-refractivity contribution in [1.82, 2.24) is 14.8 Å². The van der Waals surface area contributed by atoms with Gasteiger partial charge in [0.15, 0.2) is 10.9 Å². The van der Waals surface area contributed by atoms with Gasteiger partial charge in [0.2, 0.25) is 11.7 Å². The third-order valence-electron chi connectivity index (χ3n) is 3.44. The van der Waals surface area contributed by atoms with Crippen molar-refractivity contribution in [2.75, 3.05) is 11.1 Å². The van der Waals surface area contributed by atoms with Gasteiger partial charge in [0, 0.05) is 29.4 Å². The summed E-state index contributed by atoms with van der Waals surface area (Å²) in [6.45, 7) is 4.33. The number of hydrogen-bond donors (Lipinski definition) is 1. The van der Waals surface area contributed by atoms with E-state index in [0.717, 1.165) is 0 Å². The van der Waals surface area contributed by atoms with Crippen molar-refractivity contribution >= 4 is 35.0 Å². The number of amides is 1. The minimum atomic E-state index is -0.0826. The van der Waals surface area contributed by atoms with Gasteiger partial charge in [-0.3, -0.25) is 9.36 Å². The highest BCUT2D eigenvalue weighted by molar-refractivity contribution is 7.99. The number of nitrogens with one attached hydrogen (secondary N) is 1. The molecule has 0 unspecified atom stereocenters. The molecule has 1 amide bonds. The van der Waals surface area contributed by atoms with Gasteiger partial charge in [0.05, 0.1) is 6.26 Å². The van der Waals surface area contributed by atoms with Crippen molar-refractivity contribution in [3.63, 3.8) is 0 Å². The van der Waals surface area contributed by atoms with E-state index in [4.69, 9.17) is 16.0 Å². The molecule has 0 saturated heterocycles. The molecule has 3 aromatic rings. The van der Waals surface area contributed by atoms with Crippen LogP contribution in [-0.2, 0) is 11.3 Å². The number of anilines is 1. The molecule has 2 aromatic heterocycles. The molecule has 2 heterocycles. The van der Waals surface area contributed by atoms with E-state index in [-0.39, 0.29) is 5.91 Å². The molecule has 0 spiro atoms. The van der Waals surface area contributed by atoms with Gasteiger partial charge in [-0.2, -0.15) is 0 Å². The summed E-state index contributed by atoms with van der Waals surface area (Å²) in [4.78, 5) is 12.1. The fourth-order valence-electron chi connectivity index (χ4n) is 2.30. The molecule has 0 atom stereocenters. The van der Waals surface area contributed by atoms with Crippen LogP contribution in [0.25, 0.3) is 11.6 Å². The van der Waals surface area contributed by atoms with Crippen molar-refractivity contribution < 1.29 is 9.21 Å². The zero-order chi connectivity index (χ0) is 18.4. The first-order chi connectivity index (χ1) is 12.7. The summed E-state index contributed by atoms with van der Waals surface area (Å²) < 4.78 is 7.30. The van der Waals surface area contributed by atoms with Crippen molar-refractivity contribution in [3.05, 3.63) is 60.3 Å². The quantitative estimate of drug-likeness (QED) is 0.454. The van der Waals surface area contributed by atoms with Crippen molar-refractivity contribution in [3.8, 4) is 11.6 Å². The van der Waals surface area contributed by atoms with Crippen LogP contribution in [0, 0.1) is 0 Å². The number of allylic oxidation sites excluding steroid dienone is 1. The molecule has 0 bridgehead atoms. The summed E-state index contributed by atoms with van der Waals surface area (Å²) in [6, 6.07) is 10.7. The Kier molecular flexibility index (Phi) is 6.14. The number of rotatable bonds is 8. The van der Waals surface area contributed by atoms with E-state index in [2.05, 4.69) is 22.1 Å². The summed E-state index contributed by atoms with van der Waals surface area (Å²) in [6.07, 6.45) is 3.70. The number of furan rings is 1. The Morgan fingerprint density at radius 2 is 2.23 bits per heavy atom. The molecule has 0 saturated carbocycles. The van der Waals surface area contributed by atoms with Crippen LogP contribution in [0.2, 0.25) is 5.02 Å². The Labute approximate surface area is 160 Å². The van der Waals surface area contributed by atoms with E-state index in [1.807, 2.05) is 10.6 Å². The maximum atomic E-state index is 12.1. The first-order valence-corrected chi connectivity index (χ1v) is 9.30. The van der Waals surface area contributed by atoms with Crippen LogP contribution in [0.5, 0.6) is 0 Å². The van der Waals surface area contributed by atoms with E-state index in [9.17, 15) is 4.79 Å². The second-order valence-corrected chi connectivity index (χ2v) is 6.84. The predicted molar refractivity (Wildman–Crippen MR) is 103 cm³/mol. The van der Waals surface area contributed by atoms with Gasteiger partial charge in [-0.1, -0.05) is 35.5 Å². The van der Waals surface area contributed by atoms with Gasteiger partial charge in [0.1, 0.15) is 0 Å². The molecule has 0 aliphatic heterocycles. The summed E-state index contributed by atoms with van der Waals surface area (Å²) in [5.74, 6) is 1.77. The highest BCUT2D eigenvalue weighted by atomic mass is 35.5. The Morgan fingerprint density at radius 1 is 1.35 bits per heavy atom. The third-order valence-corrected chi connectivity index (χ3v) is 4.64. The Bertz CT molecular complexity index is 892. The number of benzene rings is 1. The number of aromatic nitrogens is 3. The number of nitrogens with zero attached hydrogens (tertiary/aromatic N) is 3. The number of halogens is 1. The molecule has 1 aromatic carbocycles. The lowest BCUT2D eigenvalue weighted by Crippen LogP contribution is -2.12. The first kappa shape index (κ1) is 18.3. The molecule has 0 fully saturated rings. The van der Waals surface area contributed by atoms with Crippen LogP contribution in [-0.4, -0.2) is 26.4 Å². The SMILES string of the molecule is C=CCn1c(SCCC(=O)Nc2cccc(Cl)c2)nnc1-c1ccco1. The minimum absolute atomic E-state index is 0.0826. The fourth-order valence-corrected chi connectivity index (χ4v) is 3.38. The van der Waals surface area contributed by atoms with Gasteiger partial charge in [-0.05, 0) is 30.3 Å². The van der Waals surface area contributed by atoms with Crippen molar-refractivity contribution in [2.24, 2.45) is 0 Å². The molecular formula is C18H17ClN4O2S. The second kappa shape index (κ2) is 8.73. The minimum Gasteiger partial charge on any atom is -0.461 e. The van der Waals surface area contributed by atoms with Crippen LogP contribution in [0.15, 0.2) is 64.9 Å². The van der Waals surface area contributed by atoms with E-state index in [0.29, 0.717) is 46.2 Å². The van der Waals surface area contributed by atoms with Crippen LogP contribution >= 0.6 is 23.4 Å². The lowest BCUT2D eigenvalue weighted by atomic mass is 10.3. The number of hydrogen-bond acceptors (Lipinski definition) is 5. The standard InChI is InChI=1S/C18H17ClN4O2S/c1-2-9-23-17(15-7-4-10-25-15)21-22-18(23)26-11-8-16(24)20-14-6-3-5-13(19)12-14/h2-7,10,12H,1,8-9,11H2,(H,20,24). The summed E-state index contributed by atoms with van der Waals surface area (Å²) in [7, 11) is 0.